The highest BCUT2D eigenvalue weighted by Crippen LogP contribution is 2.57. The summed E-state index contributed by atoms with van der Waals surface area (Å²) in [4.78, 5) is 0. The lowest BCUT2D eigenvalue weighted by Crippen LogP contribution is -2.52. The van der Waals surface area contributed by atoms with Gasteiger partial charge in [0.15, 0.2) is 0 Å². The summed E-state index contributed by atoms with van der Waals surface area (Å²) in [5.41, 5.74) is 6.82. The summed E-state index contributed by atoms with van der Waals surface area (Å²) < 4.78 is 0. The topological polar surface area (TPSA) is 12.0 Å². The van der Waals surface area contributed by atoms with E-state index < -0.39 is 0 Å². The van der Waals surface area contributed by atoms with Crippen molar-refractivity contribution in [2.24, 2.45) is 11.3 Å². The smallest absolute Gasteiger partial charge is 0.0211 e. The predicted octanol–water partition coefficient (Wildman–Crippen LogP) is 9.51. The minimum absolute atomic E-state index is 0.296. The molecule has 0 heterocycles. The third-order valence-electron chi connectivity index (χ3n) is 10.6. The van der Waals surface area contributed by atoms with Gasteiger partial charge in [-0.3, -0.25) is 0 Å². The summed E-state index contributed by atoms with van der Waals surface area (Å²) in [5.74, 6) is 1.33. The fraction of sp³-hybridized carbons (Fsp3) is 0.405. The monoisotopic (exact) mass is 499 g/mol. The molecular weight excluding hydrogens is 458 g/mol. The molecule has 0 saturated heterocycles. The summed E-state index contributed by atoms with van der Waals surface area (Å²) in [5, 5.41) is 12.3. The van der Waals surface area contributed by atoms with Gasteiger partial charge in [0.2, 0.25) is 0 Å². The Kier molecular flexibility index (Phi) is 5.61. The van der Waals surface area contributed by atoms with Gasteiger partial charge in [0.05, 0.1) is 0 Å². The summed E-state index contributed by atoms with van der Waals surface area (Å²) in [6, 6.07) is 28.0. The number of rotatable bonds is 5. The molecule has 1 nitrogen and oxygen atoms in total. The van der Waals surface area contributed by atoms with E-state index in [1.54, 1.807) is 11.1 Å². The second-order valence-corrected chi connectivity index (χ2v) is 13.3. The maximum absolute atomic E-state index is 3.98. The Balaban J connectivity index is 1.16. The molecule has 0 aliphatic heterocycles. The fourth-order valence-electron chi connectivity index (χ4n) is 8.65. The van der Waals surface area contributed by atoms with Gasteiger partial charge in [-0.2, -0.15) is 0 Å². The third-order valence-corrected chi connectivity index (χ3v) is 10.6. The number of hydrogen-bond acceptors (Lipinski definition) is 1. The van der Waals surface area contributed by atoms with E-state index in [0.29, 0.717) is 16.7 Å². The Labute approximate surface area is 228 Å². The van der Waals surface area contributed by atoms with Crippen LogP contribution in [-0.4, -0.2) is 6.54 Å². The first-order valence-electron chi connectivity index (χ1n) is 14.9. The van der Waals surface area contributed by atoms with Crippen molar-refractivity contribution in [3.63, 3.8) is 0 Å². The van der Waals surface area contributed by atoms with Crippen molar-refractivity contribution in [2.75, 3.05) is 6.54 Å². The SMILES string of the molecule is CC(C)c1ccc2c(c1)CC[C@@H]1[C@@](C)(CNCc3ccc4ccc5cccc6ccc3c4c56)CCC[C@]21C. The molecule has 0 amide bonds. The van der Waals surface area contributed by atoms with Crippen LogP contribution in [0, 0.1) is 11.3 Å². The molecule has 2 aliphatic carbocycles. The Morgan fingerprint density at radius 1 is 0.842 bits per heavy atom. The zero-order valence-electron chi connectivity index (χ0n) is 23.5. The highest BCUT2D eigenvalue weighted by atomic mass is 14.9. The minimum Gasteiger partial charge on any atom is -0.312 e. The summed E-state index contributed by atoms with van der Waals surface area (Å²) in [7, 11) is 0. The molecular formula is C37H41N. The molecule has 2 aliphatic rings. The van der Waals surface area contributed by atoms with Gasteiger partial charge in [-0.1, -0.05) is 107 Å². The summed E-state index contributed by atoms with van der Waals surface area (Å²) in [6.45, 7) is 11.8. The van der Waals surface area contributed by atoms with Gasteiger partial charge < -0.3 is 5.32 Å². The van der Waals surface area contributed by atoms with Gasteiger partial charge in [-0.05, 0) is 103 Å². The van der Waals surface area contributed by atoms with E-state index >= 15 is 0 Å². The normalized spacial score (nSPS) is 25.3. The van der Waals surface area contributed by atoms with Crippen molar-refractivity contribution >= 4 is 32.3 Å². The molecule has 38 heavy (non-hydrogen) atoms. The zero-order chi connectivity index (χ0) is 26.1. The number of fused-ring (bicyclic) bond motifs is 3. The molecule has 0 aromatic heterocycles. The van der Waals surface area contributed by atoms with Crippen LogP contribution in [0.15, 0.2) is 72.8 Å². The Morgan fingerprint density at radius 3 is 2.37 bits per heavy atom. The van der Waals surface area contributed by atoms with Crippen molar-refractivity contribution < 1.29 is 0 Å². The lowest BCUT2D eigenvalue weighted by molar-refractivity contribution is 0.0257. The second-order valence-electron chi connectivity index (χ2n) is 13.3. The maximum atomic E-state index is 3.98. The first kappa shape index (κ1) is 24.2. The van der Waals surface area contributed by atoms with Crippen LogP contribution in [0.2, 0.25) is 0 Å². The van der Waals surface area contributed by atoms with Crippen LogP contribution in [0.25, 0.3) is 32.3 Å². The van der Waals surface area contributed by atoms with Gasteiger partial charge in [-0.15, -0.1) is 0 Å². The van der Waals surface area contributed by atoms with E-state index in [-0.39, 0.29) is 0 Å². The van der Waals surface area contributed by atoms with Crippen molar-refractivity contribution in [3.8, 4) is 0 Å². The first-order valence-corrected chi connectivity index (χ1v) is 14.9. The Hall–Kier alpha value is -2.90. The van der Waals surface area contributed by atoms with E-state index in [1.807, 2.05) is 0 Å². The number of aryl methyl sites for hydroxylation is 1. The van der Waals surface area contributed by atoms with Crippen LogP contribution in [-0.2, 0) is 18.4 Å². The van der Waals surface area contributed by atoms with Crippen molar-refractivity contribution in [2.45, 2.75) is 77.7 Å². The average molecular weight is 500 g/mol. The van der Waals surface area contributed by atoms with Crippen molar-refractivity contribution in [1.82, 2.24) is 5.32 Å². The largest absolute Gasteiger partial charge is 0.312 e. The van der Waals surface area contributed by atoms with Crippen LogP contribution >= 0.6 is 0 Å². The molecule has 3 atom stereocenters. The van der Waals surface area contributed by atoms with Gasteiger partial charge >= 0.3 is 0 Å². The standard InChI is InChI=1S/C37H41N/c1-24(2)28-14-17-32-29(21-28)15-18-33-36(3,19-6-20-37(32,33)4)23-38-22-30-12-11-27-10-9-25-7-5-8-26-13-16-31(30)35(27)34(25)26/h5,7-14,16-17,21,24,33,38H,6,15,18-20,22-23H2,1-4H3/t33-,36-,37-/m1/s1. The molecule has 194 valence electrons. The van der Waals surface area contributed by atoms with Crippen LogP contribution in [0.3, 0.4) is 0 Å². The van der Waals surface area contributed by atoms with Crippen molar-refractivity contribution in [1.29, 1.82) is 0 Å². The number of nitrogens with one attached hydrogen (secondary N) is 1. The van der Waals surface area contributed by atoms with E-state index in [2.05, 4.69) is 106 Å². The van der Waals surface area contributed by atoms with Crippen molar-refractivity contribution in [3.05, 3.63) is 95.1 Å². The Morgan fingerprint density at radius 2 is 1.58 bits per heavy atom. The van der Waals surface area contributed by atoms with Gasteiger partial charge in [0.25, 0.3) is 0 Å². The molecule has 5 aromatic rings. The number of hydrogen-bond donors (Lipinski definition) is 1. The highest BCUT2D eigenvalue weighted by Gasteiger charge is 2.51. The quantitative estimate of drug-likeness (QED) is 0.237. The van der Waals surface area contributed by atoms with Gasteiger partial charge in [0.1, 0.15) is 0 Å². The third kappa shape index (κ3) is 3.62. The fourth-order valence-corrected chi connectivity index (χ4v) is 8.65. The van der Waals surface area contributed by atoms with E-state index in [0.717, 1.165) is 19.0 Å². The minimum atomic E-state index is 0.296. The molecule has 1 saturated carbocycles. The molecule has 1 fully saturated rings. The molecule has 0 spiro atoms. The summed E-state index contributed by atoms with van der Waals surface area (Å²) in [6.07, 6.45) is 6.55. The first-order chi connectivity index (χ1) is 18.4. The second kappa shape index (κ2) is 8.82. The molecule has 0 radical (unpaired) electrons. The van der Waals surface area contributed by atoms with Crippen LogP contribution < -0.4 is 5.32 Å². The average Bonchev–Trinajstić information content (AvgIpc) is 2.92. The van der Waals surface area contributed by atoms with Crippen LogP contribution in [0.1, 0.15) is 81.5 Å². The molecule has 7 rings (SSSR count). The maximum Gasteiger partial charge on any atom is 0.0211 e. The zero-order valence-corrected chi connectivity index (χ0v) is 23.5. The predicted molar refractivity (Wildman–Crippen MR) is 164 cm³/mol. The lowest BCUT2D eigenvalue weighted by Gasteiger charge is -2.55. The molecule has 1 heteroatoms. The molecule has 1 N–H and O–H groups in total. The molecule has 5 aromatic carbocycles. The lowest BCUT2D eigenvalue weighted by atomic mass is 9.49. The molecule has 0 bridgehead atoms. The highest BCUT2D eigenvalue weighted by molar-refractivity contribution is 6.23. The number of benzene rings is 5. The van der Waals surface area contributed by atoms with Crippen LogP contribution in [0.4, 0.5) is 0 Å². The summed E-state index contributed by atoms with van der Waals surface area (Å²) >= 11 is 0. The van der Waals surface area contributed by atoms with E-state index in [9.17, 15) is 0 Å². The molecule has 0 unspecified atom stereocenters. The van der Waals surface area contributed by atoms with Crippen LogP contribution in [0.5, 0.6) is 0 Å². The van der Waals surface area contributed by atoms with Gasteiger partial charge in [-0.25, -0.2) is 0 Å². The van der Waals surface area contributed by atoms with E-state index in [1.165, 1.54) is 75.5 Å². The van der Waals surface area contributed by atoms with E-state index in [4.69, 9.17) is 0 Å². The van der Waals surface area contributed by atoms with Gasteiger partial charge in [0, 0.05) is 13.1 Å². The Bertz CT molecular complexity index is 1630.